The van der Waals surface area contributed by atoms with E-state index in [1.807, 2.05) is 0 Å². The molecule has 2 aliphatic heterocycles. The monoisotopic (exact) mass is 578 g/mol. The number of rotatable bonds is 6. The summed E-state index contributed by atoms with van der Waals surface area (Å²) in [5.74, 6) is -4.65. The number of carbonyl (C=O) groups excluding carboxylic acids is 2. The highest BCUT2D eigenvalue weighted by Gasteiger charge is 2.49. The van der Waals surface area contributed by atoms with Gasteiger partial charge in [-0.3, -0.25) is 14.5 Å². The number of anilines is 1. The number of ether oxygens (including phenoxy) is 1. The first-order chi connectivity index (χ1) is 18.1. The van der Waals surface area contributed by atoms with Gasteiger partial charge in [0.1, 0.15) is 18.3 Å². The van der Waals surface area contributed by atoms with E-state index < -0.39 is 54.6 Å². The Labute approximate surface area is 226 Å². The van der Waals surface area contributed by atoms with Crippen LogP contribution in [0.3, 0.4) is 0 Å². The zero-order valence-corrected chi connectivity index (χ0v) is 21.9. The lowest BCUT2D eigenvalue weighted by Crippen LogP contribution is -2.57. The van der Waals surface area contributed by atoms with Crippen LogP contribution >= 0.6 is 11.6 Å². The van der Waals surface area contributed by atoms with Gasteiger partial charge in [0.2, 0.25) is 5.91 Å². The molecule has 0 spiro atoms. The second-order valence-corrected chi connectivity index (χ2v) is 10.4. The third-order valence-electron chi connectivity index (χ3n) is 7.22. The molecule has 4 N–H and O–H groups in total. The van der Waals surface area contributed by atoms with Gasteiger partial charge in [-0.25, -0.2) is 13.8 Å². The molecular formula is C24H28ClF5N6O3. The number of halogens is 6. The van der Waals surface area contributed by atoms with Gasteiger partial charge >= 0.3 is 6.18 Å². The summed E-state index contributed by atoms with van der Waals surface area (Å²) in [6.07, 6.45) is -5.54. The van der Waals surface area contributed by atoms with E-state index in [2.05, 4.69) is 4.99 Å². The van der Waals surface area contributed by atoms with Gasteiger partial charge in [-0.15, -0.1) is 0 Å². The SMILES string of the molecule is COC1CC(N2C(=O)C[C@@](C)(c3cccc(N4C=C(C(N)=O)N(CC(F)(F)F)C4)c3Cl)N=C2N)CCC1(F)F. The van der Waals surface area contributed by atoms with E-state index in [4.69, 9.17) is 27.8 Å². The quantitative estimate of drug-likeness (QED) is 0.501. The number of hydrogen-bond acceptors (Lipinski definition) is 7. The summed E-state index contributed by atoms with van der Waals surface area (Å²) in [5.41, 5.74) is 10.5. The number of primary amides is 1. The van der Waals surface area contributed by atoms with Crippen LogP contribution in [-0.2, 0) is 19.9 Å². The van der Waals surface area contributed by atoms with Crippen molar-refractivity contribution in [2.45, 2.75) is 62.4 Å². The summed E-state index contributed by atoms with van der Waals surface area (Å²) in [5, 5.41) is 0.0866. The first kappa shape index (κ1) is 28.9. The van der Waals surface area contributed by atoms with Crippen molar-refractivity contribution in [1.29, 1.82) is 0 Å². The van der Waals surface area contributed by atoms with Crippen LogP contribution in [0.2, 0.25) is 5.02 Å². The standard InChI is InChI=1S/C24H28ClF5N6O3/c1-22(9-18(37)36(21(32)33-22)13-6-7-23(26,27)17(8-13)39-2)14-4-3-5-15(19(14)25)34-10-16(20(31)38)35(12-34)11-24(28,29)30/h3-5,10,13,17H,6-9,11-12H2,1-2H3,(H2,31,38)(H2,32,33)/t13?,17?,22-/m0/s1. The minimum absolute atomic E-state index is 0.0136. The fraction of sp³-hybridized carbons (Fsp3) is 0.542. The topological polar surface area (TPSA) is 117 Å². The molecule has 9 nitrogen and oxygen atoms in total. The lowest BCUT2D eigenvalue weighted by Gasteiger charge is -2.43. The van der Waals surface area contributed by atoms with E-state index in [-0.39, 0.29) is 48.3 Å². The third-order valence-corrected chi connectivity index (χ3v) is 7.62. The second kappa shape index (κ2) is 10.1. The Bertz CT molecular complexity index is 1230. The van der Waals surface area contributed by atoms with Crippen molar-refractivity contribution in [2.24, 2.45) is 16.5 Å². The Morgan fingerprint density at radius 3 is 2.59 bits per heavy atom. The molecule has 1 saturated carbocycles. The first-order valence-corrected chi connectivity index (χ1v) is 12.4. The average Bonchev–Trinajstić information content (AvgIpc) is 3.21. The molecule has 2 unspecified atom stereocenters. The highest BCUT2D eigenvalue weighted by molar-refractivity contribution is 6.34. The van der Waals surface area contributed by atoms with Crippen LogP contribution in [0, 0.1) is 0 Å². The number of carbonyl (C=O) groups is 2. The van der Waals surface area contributed by atoms with Crippen LogP contribution in [0.1, 0.15) is 38.2 Å². The van der Waals surface area contributed by atoms with Crippen molar-refractivity contribution in [1.82, 2.24) is 9.80 Å². The average molecular weight is 579 g/mol. The van der Waals surface area contributed by atoms with Crippen molar-refractivity contribution < 1.29 is 36.3 Å². The largest absolute Gasteiger partial charge is 0.405 e. The second-order valence-electron chi connectivity index (χ2n) is 10.0. The Morgan fingerprint density at radius 2 is 2.00 bits per heavy atom. The van der Waals surface area contributed by atoms with Crippen LogP contribution in [-0.4, -0.2) is 72.1 Å². The normalized spacial score (nSPS) is 27.5. The molecule has 15 heteroatoms. The number of nitrogens with zero attached hydrogens (tertiary/aromatic N) is 4. The number of guanidine groups is 1. The van der Waals surface area contributed by atoms with Gasteiger partial charge in [-0.1, -0.05) is 23.7 Å². The van der Waals surface area contributed by atoms with Crippen molar-refractivity contribution in [3.63, 3.8) is 0 Å². The maximum atomic E-state index is 14.1. The van der Waals surface area contributed by atoms with Gasteiger partial charge in [-0.2, -0.15) is 13.2 Å². The van der Waals surface area contributed by atoms with Crippen molar-refractivity contribution in [3.8, 4) is 0 Å². The van der Waals surface area contributed by atoms with Crippen molar-refractivity contribution in [3.05, 3.63) is 40.7 Å². The summed E-state index contributed by atoms with van der Waals surface area (Å²) < 4.78 is 72.4. The van der Waals surface area contributed by atoms with Crippen LogP contribution in [0.4, 0.5) is 27.6 Å². The molecule has 2 amide bonds. The van der Waals surface area contributed by atoms with E-state index >= 15 is 0 Å². The predicted octanol–water partition coefficient (Wildman–Crippen LogP) is 3.27. The molecule has 0 bridgehead atoms. The molecule has 1 aromatic rings. The lowest BCUT2D eigenvalue weighted by atomic mass is 9.84. The number of hydrogen-bond donors (Lipinski definition) is 2. The number of alkyl halides is 5. The lowest BCUT2D eigenvalue weighted by molar-refractivity contribution is -0.160. The van der Waals surface area contributed by atoms with Crippen molar-refractivity contribution >= 4 is 35.1 Å². The molecule has 214 valence electrons. The van der Waals surface area contributed by atoms with Crippen LogP contribution in [0.25, 0.3) is 0 Å². The molecule has 0 radical (unpaired) electrons. The fourth-order valence-electron chi connectivity index (χ4n) is 5.36. The number of amides is 2. The maximum Gasteiger partial charge on any atom is 0.405 e. The minimum Gasteiger partial charge on any atom is -0.375 e. The van der Waals surface area contributed by atoms with Gasteiger partial charge in [-0.05, 0) is 19.4 Å². The van der Waals surface area contributed by atoms with E-state index in [1.165, 1.54) is 23.1 Å². The van der Waals surface area contributed by atoms with Gasteiger partial charge in [0.25, 0.3) is 11.8 Å². The van der Waals surface area contributed by atoms with Gasteiger partial charge in [0.05, 0.1) is 29.3 Å². The van der Waals surface area contributed by atoms with Crippen LogP contribution < -0.4 is 16.4 Å². The van der Waals surface area contributed by atoms with E-state index in [0.29, 0.717) is 5.56 Å². The first-order valence-electron chi connectivity index (χ1n) is 12.0. The van der Waals surface area contributed by atoms with Crippen molar-refractivity contribution in [2.75, 3.05) is 25.2 Å². The highest BCUT2D eigenvalue weighted by atomic mass is 35.5. The molecule has 2 heterocycles. The molecule has 1 aliphatic carbocycles. The molecule has 3 aliphatic rings. The highest BCUT2D eigenvalue weighted by Crippen LogP contribution is 2.44. The maximum absolute atomic E-state index is 14.1. The van der Waals surface area contributed by atoms with Crippen LogP contribution in [0.5, 0.6) is 0 Å². The Morgan fingerprint density at radius 1 is 1.31 bits per heavy atom. The van der Waals surface area contributed by atoms with E-state index in [0.717, 1.165) is 4.90 Å². The molecule has 3 atom stereocenters. The van der Waals surface area contributed by atoms with Gasteiger partial charge < -0.3 is 26.0 Å². The number of benzene rings is 1. The Balaban J connectivity index is 1.63. The Kier molecular flexibility index (Phi) is 7.49. The molecule has 1 fully saturated rings. The molecule has 39 heavy (non-hydrogen) atoms. The summed E-state index contributed by atoms with van der Waals surface area (Å²) in [4.78, 5) is 33.0. The minimum atomic E-state index is -4.58. The predicted molar refractivity (Wildman–Crippen MR) is 133 cm³/mol. The summed E-state index contributed by atoms with van der Waals surface area (Å²) in [7, 11) is 1.19. The van der Waals surface area contributed by atoms with E-state index in [1.54, 1.807) is 25.1 Å². The molecule has 4 rings (SSSR count). The number of nitrogens with two attached hydrogens (primary N) is 2. The third kappa shape index (κ3) is 5.62. The van der Waals surface area contributed by atoms with E-state index in [9.17, 15) is 31.5 Å². The number of methoxy groups -OCH3 is 1. The molecule has 1 aromatic carbocycles. The summed E-state index contributed by atoms with van der Waals surface area (Å²) >= 11 is 6.71. The zero-order chi connectivity index (χ0) is 28.9. The van der Waals surface area contributed by atoms with Crippen LogP contribution in [0.15, 0.2) is 35.1 Å². The Hall–Kier alpha value is -3.13. The smallest absolute Gasteiger partial charge is 0.375 e. The summed E-state index contributed by atoms with van der Waals surface area (Å²) in [6, 6.07) is 4.11. The molecule has 0 saturated heterocycles. The zero-order valence-electron chi connectivity index (χ0n) is 21.1. The van der Waals surface area contributed by atoms with Gasteiger partial charge in [0.15, 0.2) is 5.96 Å². The van der Waals surface area contributed by atoms with Gasteiger partial charge in [0, 0.05) is 37.8 Å². The number of aliphatic imine (C=N–C) groups is 1. The molecule has 0 aromatic heterocycles. The molecular weight excluding hydrogens is 551 g/mol. The summed E-state index contributed by atoms with van der Waals surface area (Å²) in [6.45, 7) is -0.115. The fourth-order valence-corrected chi connectivity index (χ4v) is 5.80.